The smallest absolute Gasteiger partial charge is 0.368 e. The van der Waals surface area contributed by atoms with Gasteiger partial charge in [-0.3, -0.25) is 0 Å². The molecule has 0 unspecified atom stereocenters. The summed E-state index contributed by atoms with van der Waals surface area (Å²) >= 11 is 0.995. The average molecular weight is 176 g/mol. The molecule has 0 bridgehead atoms. The van der Waals surface area contributed by atoms with Crippen molar-refractivity contribution in [1.82, 2.24) is 0 Å². The summed E-state index contributed by atoms with van der Waals surface area (Å²) in [6.07, 6.45) is 1.96. The minimum Gasteiger partial charge on any atom is -0.368 e. The predicted octanol–water partition coefficient (Wildman–Crippen LogP) is -1.85. The normalized spacial score (nSPS) is 9.56. The molecule has 0 radical (unpaired) electrons. The summed E-state index contributed by atoms with van der Waals surface area (Å²) in [5, 5.41) is 0. The summed E-state index contributed by atoms with van der Waals surface area (Å²) in [7, 11) is -4.61. The molecule has 0 fully saturated rings. The van der Waals surface area contributed by atoms with Gasteiger partial charge < -0.3 is 19.2 Å². The van der Waals surface area contributed by atoms with Crippen molar-refractivity contribution in [3.8, 4) is 0 Å². The van der Waals surface area contributed by atoms with E-state index in [-0.39, 0.29) is 0 Å². The minimum absolute atomic E-state index is 0.995. The Hall–Kier alpha value is 1.43. The van der Waals surface area contributed by atoms with E-state index in [0.717, 1.165) is 49.0 Å². The van der Waals surface area contributed by atoms with Crippen LogP contribution in [-0.2, 0) is 0 Å². The zero-order chi connectivity index (χ0) is 7.91. The molecule has 0 atom stereocenters. The van der Waals surface area contributed by atoms with Gasteiger partial charge >= 0.3 is 71.2 Å². The Kier molecular flexibility index (Phi) is 10.9. The summed E-state index contributed by atoms with van der Waals surface area (Å²) in [6, 6.07) is 0. The molecule has 0 aromatic heterocycles. The van der Waals surface area contributed by atoms with Crippen molar-refractivity contribution in [2.45, 2.75) is 0.515 Å². The number of hydrogen-bond donors (Lipinski definition) is 4. The van der Waals surface area contributed by atoms with Gasteiger partial charge in [0.15, 0.2) is 0 Å². The second-order valence-corrected chi connectivity index (χ2v) is 3.77. The molecular weight excluding hydrogens is 167 g/mol. The van der Waals surface area contributed by atoms with Crippen LogP contribution in [-0.4, -0.2) is 77.2 Å². The molecule has 0 saturated heterocycles. The molecule has 0 aliphatic heterocycles. The largest absolute Gasteiger partial charge is 0.668 e. The Morgan fingerprint density at radius 2 is 1.44 bits per heavy atom. The molecule has 0 aromatic rings. The molecule has 0 rings (SSSR count). The quantitative estimate of drug-likeness (QED) is 0.279. The molecule has 0 amide bonds. The summed E-state index contributed by atoms with van der Waals surface area (Å²) in [4.78, 5) is 29.3. The van der Waals surface area contributed by atoms with Crippen molar-refractivity contribution in [3.05, 3.63) is 12.7 Å². The Morgan fingerprint density at radius 1 is 1.33 bits per heavy atom. The van der Waals surface area contributed by atoms with E-state index in [1.807, 2.05) is 6.08 Å². The van der Waals surface area contributed by atoms with Crippen LogP contribution in [0.2, 0.25) is 0.515 Å². The Morgan fingerprint density at radius 3 is 1.44 bits per heavy atom. The van der Waals surface area contributed by atoms with E-state index in [1.165, 1.54) is 0.515 Å². The Labute approximate surface area is 88.9 Å². The third-order valence-corrected chi connectivity index (χ3v) is 1.19. The van der Waals surface area contributed by atoms with Crippen LogP contribution in [0, 0.1) is 0 Å². The van der Waals surface area contributed by atoms with Gasteiger partial charge in [-0.05, 0) is 0 Å². The SMILES string of the molecule is C=C[CH2][K].O[Si](O)(O)O. The number of hydrogen-bond acceptors (Lipinski definition) is 4. The van der Waals surface area contributed by atoms with Gasteiger partial charge in [-0.2, -0.15) is 0 Å². The maximum Gasteiger partial charge on any atom is 0.668 e. The second-order valence-electron chi connectivity index (χ2n) is 1.30. The molecule has 9 heavy (non-hydrogen) atoms. The molecule has 0 spiro atoms. The van der Waals surface area contributed by atoms with E-state index < -0.39 is 9.05 Å². The maximum atomic E-state index is 7.33. The maximum absolute atomic E-state index is 7.33. The van der Waals surface area contributed by atoms with Gasteiger partial charge in [-0.25, -0.2) is 0 Å². The summed E-state index contributed by atoms with van der Waals surface area (Å²) in [5.74, 6) is 0. The molecule has 0 aliphatic rings. The summed E-state index contributed by atoms with van der Waals surface area (Å²) in [6.45, 7) is 3.53. The standard InChI is InChI=1S/C3H5.K.H4O4Si/c1-3-2;;1-5(2,3)4/h3H,1-2H2;;1-4H. The van der Waals surface area contributed by atoms with E-state index in [4.69, 9.17) is 19.2 Å². The molecule has 0 aliphatic carbocycles. The van der Waals surface area contributed by atoms with Crippen LogP contribution in [0.4, 0.5) is 0 Å². The predicted molar refractivity (Wildman–Crippen MR) is 35.4 cm³/mol. The van der Waals surface area contributed by atoms with Gasteiger partial charge in [0.25, 0.3) is 0 Å². The molecule has 4 N–H and O–H groups in total. The molecule has 50 valence electrons. The van der Waals surface area contributed by atoms with E-state index >= 15 is 0 Å². The molecule has 6 heteroatoms. The average Bonchev–Trinajstić information content (AvgIpc) is 1.61. The molecule has 4 nitrogen and oxygen atoms in total. The van der Waals surface area contributed by atoms with Crippen LogP contribution >= 0.6 is 0 Å². The van der Waals surface area contributed by atoms with Gasteiger partial charge in [-0.1, -0.05) is 0 Å². The summed E-state index contributed by atoms with van der Waals surface area (Å²) < 4.78 is 1.27. The van der Waals surface area contributed by atoms with E-state index in [0.29, 0.717) is 0 Å². The van der Waals surface area contributed by atoms with Gasteiger partial charge in [0.1, 0.15) is 0 Å². The minimum atomic E-state index is -4.61. The fraction of sp³-hybridized carbons (Fsp3) is 0.333. The fourth-order valence-electron chi connectivity index (χ4n) is 0. The third-order valence-electron chi connectivity index (χ3n) is 0.289. The zero-order valence-corrected chi connectivity index (χ0v) is 9.40. The van der Waals surface area contributed by atoms with Gasteiger partial charge in [0, 0.05) is 0 Å². The first-order valence-electron chi connectivity index (χ1n) is 2.42. The van der Waals surface area contributed by atoms with Gasteiger partial charge in [0.2, 0.25) is 0 Å². The fourth-order valence-corrected chi connectivity index (χ4v) is 0. The Balaban J connectivity index is 0. The molecule has 0 saturated carbocycles. The van der Waals surface area contributed by atoms with E-state index in [2.05, 4.69) is 6.58 Å². The van der Waals surface area contributed by atoms with Crippen LogP contribution < -0.4 is 0 Å². The summed E-state index contributed by atoms with van der Waals surface area (Å²) in [5.41, 5.74) is 0. The van der Waals surface area contributed by atoms with Crippen LogP contribution in [0.1, 0.15) is 0 Å². The van der Waals surface area contributed by atoms with Crippen molar-refractivity contribution < 1.29 is 19.2 Å². The van der Waals surface area contributed by atoms with Crippen LogP contribution in [0.3, 0.4) is 0 Å². The Bertz CT molecular complexity index is 64.7. The van der Waals surface area contributed by atoms with Crippen molar-refractivity contribution >= 4 is 58.0 Å². The van der Waals surface area contributed by atoms with Crippen molar-refractivity contribution in [2.24, 2.45) is 0 Å². The van der Waals surface area contributed by atoms with Crippen molar-refractivity contribution in [2.75, 3.05) is 0 Å². The number of rotatable bonds is 1. The van der Waals surface area contributed by atoms with Gasteiger partial charge in [0.05, 0.1) is 0 Å². The van der Waals surface area contributed by atoms with Gasteiger partial charge in [-0.15, -0.1) is 0 Å². The number of allylic oxidation sites excluding steroid dienone is 1. The molecule has 0 heterocycles. The van der Waals surface area contributed by atoms with Crippen LogP contribution in [0.15, 0.2) is 12.7 Å². The van der Waals surface area contributed by atoms with E-state index in [9.17, 15) is 0 Å². The van der Waals surface area contributed by atoms with Crippen LogP contribution in [0.25, 0.3) is 0 Å². The third kappa shape index (κ3) is 88.0. The first-order chi connectivity index (χ1) is 3.91. The first kappa shape index (κ1) is 13.1. The second kappa shape index (κ2) is 7.54. The molecule has 0 aromatic carbocycles. The monoisotopic (exact) mass is 176 g/mol. The molecular formula is C3H9KO4Si. The zero-order valence-electron chi connectivity index (χ0n) is 5.28. The van der Waals surface area contributed by atoms with Crippen molar-refractivity contribution in [3.63, 3.8) is 0 Å². The topological polar surface area (TPSA) is 80.9 Å². The van der Waals surface area contributed by atoms with Crippen molar-refractivity contribution in [1.29, 1.82) is 0 Å². The van der Waals surface area contributed by atoms with E-state index in [1.54, 1.807) is 0 Å². The van der Waals surface area contributed by atoms with Crippen LogP contribution in [0.5, 0.6) is 0 Å². The first-order valence-corrected chi connectivity index (χ1v) is 6.42.